The summed E-state index contributed by atoms with van der Waals surface area (Å²) >= 11 is 0. The number of methoxy groups -OCH3 is 2. The smallest absolute Gasteiger partial charge is 0.161 e. The zero-order valence-electron chi connectivity index (χ0n) is 16.7. The van der Waals surface area contributed by atoms with Crippen LogP contribution in [-0.4, -0.2) is 14.2 Å². The highest BCUT2D eigenvalue weighted by Crippen LogP contribution is 2.37. The number of ether oxygens (including phenoxy) is 2. The molecule has 0 heterocycles. The van der Waals surface area contributed by atoms with Crippen molar-refractivity contribution in [3.63, 3.8) is 0 Å². The second-order valence-corrected chi connectivity index (χ2v) is 6.83. The molecule has 0 spiro atoms. The number of hydrogen-bond acceptors (Lipinski definition) is 2. The molecule has 27 heavy (non-hydrogen) atoms. The molecule has 0 fully saturated rings. The molecular weight excluding hydrogens is 332 g/mol. The van der Waals surface area contributed by atoms with Gasteiger partial charge in [0.2, 0.25) is 0 Å². The van der Waals surface area contributed by atoms with Crippen LogP contribution in [0, 0.1) is 0 Å². The van der Waals surface area contributed by atoms with Crippen LogP contribution in [0.1, 0.15) is 43.4 Å². The Kier molecular flexibility index (Phi) is 6.18. The molecule has 2 nitrogen and oxygen atoms in total. The fraction of sp³-hybridized carbons (Fsp3) is 0.280. The van der Waals surface area contributed by atoms with Gasteiger partial charge in [-0.2, -0.15) is 0 Å². The molecular formula is C25H28O2. The van der Waals surface area contributed by atoms with Gasteiger partial charge in [-0.25, -0.2) is 0 Å². The third kappa shape index (κ3) is 4.16. The summed E-state index contributed by atoms with van der Waals surface area (Å²) in [5.41, 5.74) is 7.87. The molecule has 1 aliphatic carbocycles. The van der Waals surface area contributed by atoms with Crippen molar-refractivity contribution in [2.24, 2.45) is 0 Å². The number of aryl methyl sites for hydroxylation is 1. The molecule has 0 radical (unpaired) electrons. The molecule has 2 heteroatoms. The summed E-state index contributed by atoms with van der Waals surface area (Å²) in [7, 11) is 3.34. The minimum absolute atomic E-state index is 0.749. The van der Waals surface area contributed by atoms with Crippen LogP contribution in [0.15, 0.2) is 65.8 Å². The molecule has 0 bridgehead atoms. The maximum atomic E-state index is 5.49. The summed E-state index contributed by atoms with van der Waals surface area (Å²) in [4.78, 5) is 0. The van der Waals surface area contributed by atoms with Crippen LogP contribution in [0.2, 0.25) is 0 Å². The maximum absolute atomic E-state index is 5.49. The van der Waals surface area contributed by atoms with Crippen LogP contribution in [0.25, 0.3) is 11.6 Å². The van der Waals surface area contributed by atoms with Gasteiger partial charge in [-0.3, -0.25) is 0 Å². The standard InChI is InChI=1S/C25H28O2/c1-5-6-10-21-18(2)12-14-20-9-7-8-11-22(20)23(21)16-19-13-15-24(26-3)25(17-19)27-4/h6-11,13,15-17H,5,12,14H2,1-4H3/b10-6-,23-16-. The molecule has 1 aliphatic rings. The average molecular weight is 360 g/mol. The zero-order chi connectivity index (χ0) is 19.2. The first-order valence-electron chi connectivity index (χ1n) is 9.56. The lowest BCUT2D eigenvalue weighted by Gasteiger charge is -2.14. The molecule has 3 rings (SSSR count). The highest BCUT2D eigenvalue weighted by atomic mass is 16.5. The molecule has 0 saturated carbocycles. The van der Waals surface area contributed by atoms with E-state index in [9.17, 15) is 0 Å². The van der Waals surface area contributed by atoms with E-state index in [1.807, 2.05) is 12.1 Å². The van der Waals surface area contributed by atoms with Gasteiger partial charge in [0.1, 0.15) is 0 Å². The summed E-state index contributed by atoms with van der Waals surface area (Å²) in [5.74, 6) is 1.50. The Bertz CT molecular complexity index is 900. The highest BCUT2D eigenvalue weighted by Gasteiger charge is 2.17. The van der Waals surface area contributed by atoms with E-state index < -0.39 is 0 Å². The molecule has 0 N–H and O–H groups in total. The largest absolute Gasteiger partial charge is 0.493 e. The van der Waals surface area contributed by atoms with Crippen LogP contribution in [0.3, 0.4) is 0 Å². The lowest BCUT2D eigenvalue weighted by Crippen LogP contribution is -1.94. The second kappa shape index (κ2) is 8.77. The minimum atomic E-state index is 0.749. The predicted octanol–water partition coefficient (Wildman–Crippen LogP) is 6.47. The van der Waals surface area contributed by atoms with Gasteiger partial charge in [-0.15, -0.1) is 0 Å². The third-order valence-corrected chi connectivity index (χ3v) is 5.07. The topological polar surface area (TPSA) is 18.5 Å². The molecule has 0 saturated heterocycles. The Morgan fingerprint density at radius 2 is 1.74 bits per heavy atom. The van der Waals surface area contributed by atoms with Gasteiger partial charge in [0, 0.05) is 0 Å². The molecule has 2 aromatic carbocycles. The van der Waals surface area contributed by atoms with Crippen LogP contribution in [0.5, 0.6) is 11.5 Å². The SMILES string of the molecule is CC/C=C\C1=C(C)CCc2ccccc2/C1=C\c1ccc(OC)c(OC)c1. The molecule has 0 aliphatic heterocycles. The molecule has 0 aromatic heterocycles. The van der Waals surface area contributed by atoms with Crippen molar-refractivity contribution in [1.82, 2.24) is 0 Å². The number of rotatable bonds is 5. The van der Waals surface area contributed by atoms with Crippen LogP contribution in [0.4, 0.5) is 0 Å². The zero-order valence-corrected chi connectivity index (χ0v) is 16.7. The van der Waals surface area contributed by atoms with E-state index in [-0.39, 0.29) is 0 Å². The Labute approximate surface area is 162 Å². The quantitative estimate of drug-likeness (QED) is 0.608. The number of allylic oxidation sites excluding steroid dienone is 5. The minimum Gasteiger partial charge on any atom is -0.493 e. The maximum Gasteiger partial charge on any atom is 0.161 e. The average Bonchev–Trinajstić information content (AvgIpc) is 2.83. The Balaban J connectivity index is 2.19. The Morgan fingerprint density at radius 1 is 0.963 bits per heavy atom. The monoisotopic (exact) mass is 360 g/mol. The van der Waals surface area contributed by atoms with Crippen molar-refractivity contribution in [2.45, 2.75) is 33.1 Å². The van der Waals surface area contributed by atoms with Crippen LogP contribution in [-0.2, 0) is 6.42 Å². The summed E-state index contributed by atoms with van der Waals surface area (Å²) < 4.78 is 10.9. The first-order chi connectivity index (χ1) is 13.2. The van der Waals surface area contributed by atoms with Gasteiger partial charge in [0.15, 0.2) is 11.5 Å². The van der Waals surface area contributed by atoms with E-state index in [2.05, 4.69) is 62.4 Å². The summed E-state index contributed by atoms with van der Waals surface area (Å²) in [6.45, 7) is 4.43. The first kappa shape index (κ1) is 19.0. The van der Waals surface area contributed by atoms with Crippen molar-refractivity contribution < 1.29 is 9.47 Å². The van der Waals surface area contributed by atoms with E-state index in [1.54, 1.807) is 14.2 Å². The van der Waals surface area contributed by atoms with Crippen LogP contribution < -0.4 is 9.47 Å². The first-order valence-corrected chi connectivity index (χ1v) is 9.56. The van der Waals surface area contributed by atoms with Crippen LogP contribution >= 0.6 is 0 Å². The Hall–Kier alpha value is -2.74. The molecule has 2 aromatic rings. The van der Waals surface area contributed by atoms with E-state index in [0.717, 1.165) is 36.3 Å². The lowest BCUT2D eigenvalue weighted by molar-refractivity contribution is 0.355. The molecule has 0 unspecified atom stereocenters. The summed E-state index contributed by atoms with van der Waals surface area (Å²) in [6.07, 6.45) is 9.99. The van der Waals surface area contributed by atoms with E-state index >= 15 is 0 Å². The van der Waals surface area contributed by atoms with E-state index in [1.165, 1.54) is 27.8 Å². The number of fused-ring (bicyclic) bond motifs is 1. The summed E-state index contributed by atoms with van der Waals surface area (Å²) in [6, 6.07) is 14.8. The van der Waals surface area contributed by atoms with Gasteiger partial charge in [0.25, 0.3) is 0 Å². The molecule has 0 amide bonds. The fourth-order valence-corrected chi connectivity index (χ4v) is 3.57. The van der Waals surface area contributed by atoms with Crippen molar-refractivity contribution >= 4 is 11.6 Å². The molecule has 0 atom stereocenters. The van der Waals surface area contributed by atoms with Gasteiger partial charge < -0.3 is 9.47 Å². The van der Waals surface area contributed by atoms with Gasteiger partial charge in [0.05, 0.1) is 14.2 Å². The van der Waals surface area contributed by atoms with Crippen molar-refractivity contribution in [1.29, 1.82) is 0 Å². The lowest BCUT2D eigenvalue weighted by atomic mass is 9.91. The van der Waals surface area contributed by atoms with Gasteiger partial charge >= 0.3 is 0 Å². The predicted molar refractivity (Wildman–Crippen MR) is 114 cm³/mol. The Morgan fingerprint density at radius 3 is 2.48 bits per heavy atom. The van der Waals surface area contributed by atoms with E-state index in [4.69, 9.17) is 9.47 Å². The van der Waals surface area contributed by atoms with Gasteiger partial charge in [-0.1, -0.05) is 55.0 Å². The second-order valence-electron chi connectivity index (χ2n) is 6.83. The van der Waals surface area contributed by atoms with Crippen molar-refractivity contribution in [3.05, 3.63) is 82.5 Å². The number of hydrogen-bond donors (Lipinski definition) is 0. The fourth-order valence-electron chi connectivity index (χ4n) is 3.57. The van der Waals surface area contributed by atoms with Gasteiger partial charge in [-0.05, 0) is 72.2 Å². The summed E-state index contributed by atoms with van der Waals surface area (Å²) in [5, 5.41) is 0. The highest BCUT2D eigenvalue weighted by molar-refractivity contribution is 5.95. The third-order valence-electron chi connectivity index (χ3n) is 5.07. The van der Waals surface area contributed by atoms with Crippen molar-refractivity contribution in [3.8, 4) is 11.5 Å². The normalized spacial score (nSPS) is 15.8. The van der Waals surface area contributed by atoms with E-state index in [0.29, 0.717) is 0 Å². The van der Waals surface area contributed by atoms with Crippen molar-refractivity contribution in [2.75, 3.05) is 14.2 Å². The molecule has 140 valence electrons. The number of benzene rings is 2.